The molecular formula is C11H24N2O3S. The molecule has 0 bridgehead atoms. The zero-order valence-corrected chi connectivity index (χ0v) is 11.6. The van der Waals surface area contributed by atoms with Crippen molar-refractivity contribution in [3.05, 3.63) is 0 Å². The van der Waals surface area contributed by atoms with E-state index in [1.165, 1.54) is 0 Å². The monoisotopic (exact) mass is 264 g/mol. The summed E-state index contributed by atoms with van der Waals surface area (Å²) in [5, 5.41) is 3.12. The van der Waals surface area contributed by atoms with Crippen molar-refractivity contribution in [2.24, 2.45) is 5.92 Å². The van der Waals surface area contributed by atoms with Crippen LogP contribution in [0.15, 0.2) is 0 Å². The molecule has 0 saturated carbocycles. The second-order valence-electron chi connectivity index (χ2n) is 4.59. The maximum Gasteiger partial charge on any atom is 0.214 e. The largest absolute Gasteiger partial charge is 0.385 e. The van der Waals surface area contributed by atoms with Crippen molar-refractivity contribution in [1.82, 2.24) is 9.62 Å². The zero-order chi connectivity index (χ0) is 12.7. The van der Waals surface area contributed by atoms with Gasteiger partial charge >= 0.3 is 0 Å². The van der Waals surface area contributed by atoms with Crippen LogP contribution >= 0.6 is 0 Å². The molecule has 1 fully saturated rings. The molecule has 0 amide bonds. The van der Waals surface area contributed by atoms with Crippen LogP contribution in [0, 0.1) is 5.92 Å². The highest BCUT2D eigenvalue weighted by molar-refractivity contribution is 7.89. The van der Waals surface area contributed by atoms with Gasteiger partial charge in [0, 0.05) is 26.8 Å². The van der Waals surface area contributed by atoms with E-state index in [9.17, 15) is 8.42 Å². The number of ether oxygens (including phenoxy) is 1. The number of methoxy groups -OCH3 is 1. The highest BCUT2D eigenvalue weighted by atomic mass is 32.2. The number of sulfonamides is 1. The van der Waals surface area contributed by atoms with Crippen LogP contribution in [-0.2, 0) is 14.8 Å². The molecule has 1 saturated heterocycles. The molecule has 17 heavy (non-hydrogen) atoms. The zero-order valence-electron chi connectivity index (χ0n) is 10.8. The van der Waals surface area contributed by atoms with Crippen LogP contribution in [0.1, 0.15) is 19.3 Å². The Kier molecular flexibility index (Phi) is 6.40. The van der Waals surface area contributed by atoms with Gasteiger partial charge in [-0.2, -0.15) is 0 Å². The van der Waals surface area contributed by atoms with E-state index in [2.05, 4.69) is 5.32 Å². The lowest BCUT2D eigenvalue weighted by molar-refractivity contribution is 0.198. The van der Waals surface area contributed by atoms with Gasteiger partial charge in [0.1, 0.15) is 0 Å². The third-order valence-electron chi connectivity index (χ3n) is 3.12. The van der Waals surface area contributed by atoms with Gasteiger partial charge in [-0.3, -0.25) is 0 Å². The number of hydrogen-bond donors (Lipinski definition) is 1. The van der Waals surface area contributed by atoms with Gasteiger partial charge in [0.05, 0.1) is 5.75 Å². The fraction of sp³-hybridized carbons (Fsp3) is 1.00. The van der Waals surface area contributed by atoms with Crippen molar-refractivity contribution in [2.45, 2.75) is 19.3 Å². The van der Waals surface area contributed by atoms with Crippen LogP contribution in [0.2, 0.25) is 0 Å². The maximum absolute atomic E-state index is 12.1. The predicted molar refractivity (Wildman–Crippen MR) is 68.5 cm³/mol. The minimum absolute atomic E-state index is 0.202. The van der Waals surface area contributed by atoms with Crippen molar-refractivity contribution >= 4 is 10.0 Å². The van der Waals surface area contributed by atoms with Crippen LogP contribution in [0.25, 0.3) is 0 Å². The van der Waals surface area contributed by atoms with Crippen molar-refractivity contribution in [3.8, 4) is 0 Å². The summed E-state index contributed by atoms with van der Waals surface area (Å²) in [4.78, 5) is 0. The Hall–Kier alpha value is -0.170. The number of nitrogens with one attached hydrogen (secondary N) is 1. The summed E-state index contributed by atoms with van der Waals surface area (Å²) < 4.78 is 30.7. The molecule has 1 N–H and O–H groups in total. The Labute approximate surface area is 105 Å². The summed E-state index contributed by atoms with van der Waals surface area (Å²) in [7, 11) is 0.421. The third-order valence-corrected chi connectivity index (χ3v) is 5.04. The van der Waals surface area contributed by atoms with E-state index in [4.69, 9.17) is 4.74 Å². The first-order valence-corrected chi connectivity index (χ1v) is 7.82. The molecule has 6 heteroatoms. The van der Waals surface area contributed by atoms with Crippen molar-refractivity contribution in [2.75, 3.05) is 46.2 Å². The Morgan fingerprint density at radius 3 is 2.88 bits per heavy atom. The average Bonchev–Trinajstić information content (AvgIpc) is 2.30. The summed E-state index contributed by atoms with van der Waals surface area (Å²) in [6.07, 6.45) is 2.66. The van der Waals surface area contributed by atoms with Crippen LogP contribution in [0.5, 0.6) is 0 Å². The molecule has 1 aliphatic heterocycles. The summed E-state index contributed by atoms with van der Waals surface area (Å²) in [6.45, 7) is 2.74. The van der Waals surface area contributed by atoms with E-state index in [1.807, 2.05) is 7.05 Å². The van der Waals surface area contributed by atoms with Crippen LogP contribution in [-0.4, -0.2) is 58.9 Å². The van der Waals surface area contributed by atoms with E-state index in [-0.39, 0.29) is 5.75 Å². The first-order chi connectivity index (χ1) is 8.10. The molecule has 0 aromatic heterocycles. The Bertz CT molecular complexity index is 304. The van der Waals surface area contributed by atoms with Gasteiger partial charge in [0.2, 0.25) is 10.0 Å². The average molecular weight is 264 g/mol. The van der Waals surface area contributed by atoms with Gasteiger partial charge in [-0.1, -0.05) is 0 Å². The number of piperidine rings is 1. The quantitative estimate of drug-likeness (QED) is 0.671. The van der Waals surface area contributed by atoms with Gasteiger partial charge in [-0.15, -0.1) is 0 Å². The maximum atomic E-state index is 12.1. The summed E-state index contributed by atoms with van der Waals surface area (Å²) >= 11 is 0. The lowest BCUT2D eigenvalue weighted by atomic mass is 10.00. The highest BCUT2D eigenvalue weighted by Gasteiger charge is 2.27. The van der Waals surface area contributed by atoms with Crippen LogP contribution < -0.4 is 5.32 Å². The van der Waals surface area contributed by atoms with Gasteiger partial charge in [-0.05, 0) is 38.8 Å². The second-order valence-corrected chi connectivity index (χ2v) is 6.67. The topological polar surface area (TPSA) is 58.6 Å². The molecule has 0 aromatic carbocycles. The normalized spacial score (nSPS) is 22.8. The molecule has 1 unspecified atom stereocenters. The Morgan fingerprint density at radius 1 is 1.47 bits per heavy atom. The van der Waals surface area contributed by atoms with Gasteiger partial charge < -0.3 is 10.1 Å². The van der Waals surface area contributed by atoms with E-state index in [0.29, 0.717) is 32.0 Å². The number of hydrogen-bond acceptors (Lipinski definition) is 4. The SMILES string of the molecule is CNCC1CCCN(S(=O)(=O)CCCOC)C1. The fourth-order valence-electron chi connectivity index (χ4n) is 2.25. The summed E-state index contributed by atoms with van der Waals surface area (Å²) in [5.74, 6) is 0.651. The molecule has 1 aliphatic rings. The summed E-state index contributed by atoms with van der Waals surface area (Å²) in [6, 6.07) is 0. The predicted octanol–water partition coefficient (Wildman–Crippen LogP) is 0.284. The molecule has 102 valence electrons. The fourth-order valence-corrected chi connectivity index (χ4v) is 3.84. The number of rotatable bonds is 7. The number of nitrogens with zero attached hydrogens (tertiary/aromatic N) is 1. The van der Waals surface area contributed by atoms with Crippen LogP contribution in [0.3, 0.4) is 0 Å². The molecule has 0 aromatic rings. The van der Waals surface area contributed by atoms with Crippen LogP contribution in [0.4, 0.5) is 0 Å². The second kappa shape index (κ2) is 7.31. The summed E-state index contributed by atoms with van der Waals surface area (Å²) in [5.41, 5.74) is 0. The standard InChI is InChI=1S/C11H24N2O3S/c1-12-9-11-5-3-6-13(10-11)17(14,15)8-4-7-16-2/h11-12H,3-10H2,1-2H3. The molecule has 1 atom stereocenters. The minimum Gasteiger partial charge on any atom is -0.385 e. The molecule has 5 nitrogen and oxygen atoms in total. The van der Waals surface area contributed by atoms with Crippen molar-refractivity contribution in [1.29, 1.82) is 0 Å². The minimum atomic E-state index is -3.08. The van der Waals surface area contributed by atoms with E-state index in [1.54, 1.807) is 11.4 Å². The highest BCUT2D eigenvalue weighted by Crippen LogP contribution is 2.19. The van der Waals surface area contributed by atoms with Gasteiger partial charge in [0.25, 0.3) is 0 Å². The van der Waals surface area contributed by atoms with Gasteiger partial charge in [-0.25, -0.2) is 12.7 Å². The molecule has 0 spiro atoms. The van der Waals surface area contributed by atoms with E-state index >= 15 is 0 Å². The smallest absolute Gasteiger partial charge is 0.214 e. The first-order valence-electron chi connectivity index (χ1n) is 6.21. The molecule has 1 rings (SSSR count). The van der Waals surface area contributed by atoms with Crippen molar-refractivity contribution in [3.63, 3.8) is 0 Å². The molecule has 0 radical (unpaired) electrons. The molecular weight excluding hydrogens is 240 g/mol. The third kappa shape index (κ3) is 4.91. The van der Waals surface area contributed by atoms with E-state index < -0.39 is 10.0 Å². The Balaban J connectivity index is 2.46. The lowest BCUT2D eigenvalue weighted by Crippen LogP contribution is -2.43. The Morgan fingerprint density at radius 2 is 2.24 bits per heavy atom. The van der Waals surface area contributed by atoms with Gasteiger partial charge in [0.15, 0.2) is 0 Å². The first kappa shape index (κ1) is 14.9. The van der Waals surface area contributed by atoms with E-state index in [0.717, 1.165) is 19.4 Å². The molecule has 1 heterocycles. The van der Waals surface area contributed by atoms with Crippen molar-refractivity contribution < 1.29 is 13.2 Å². The molecule has 0 aliphatic carbocycles. The lowest BCUT2D eigenvalue weighted by Gasteiger charge is -2.31.